The van der Waals surface area contributed by atoms with Crippen LogP contribution in [0.15, 0.2) is 24.3 Å². The fraction of sp³-hybridized carbons (Fsp3) is 0.250. The predicted octanol–water partition coefficient (Wildman–Crippen LogP) is 1.000. The van der Waals surface area contributed by atoms with E-state index in [0.29, 0.717) is 5.56 Å². The van der Waals surface area contributed by atoms with Gasteiger partial charge in [0.05, 0.1) is 0 Å². The minimum atomic E-state index is -0.697. The monoisotopic (exact) mass is 266 g/mol. The number of nitrogens with one attached hydrogen (secondary N) is 1. The SMILES string of the molecule is CC(=O)N1C(=S)NC(=O)C1Cc1cccc(F)c1. The summed E-state index contributed by atoms with van der Waals surface area (Å²) < 4.78 is 13.1. The van der Waals surface area contributed by atoms with Crippen LogP contribution in [0, 0.1) is 5.82 Å². The van der Waals surface area contributed by atoms with E-state index < -0.39 is 6.04 Å². The van der Waals surface area contributed by atoms with Gasteiger partial charge >= 0.3 is 0 Å². The third-order valence-electron chi connectivity index (χ3n) is 2.72. The van der Waals surface area contributed by atoms with Crippen LogP contribution in [0.25, 0.3) is 0 Å². The van der Waals surface area contributed by atoms with Crippen LogP contribution in [0.4, 0.5) is 4.39 Å². The second-order valence-corrected chi connectivity index (χ2v) is 4.42. The lowest BCUT2D eigenvalue weighted by Gasteiger charge is -2.19. The molecule has 1 aliphatic rings. The highest BCUT2D eigenvalue weighted by molar-refractivity contribution is 7.80. The van der Waals surface area contributed by atoms with E-state index in [9.17, 15) is 14.0 Å². The van der Waals surface area contributed by atoms with Crippen LogP contribution in [0.3, 0.4) is 0 Å². The summed E-state index contributed by atoms with van der Waals surface area (Å²) >= 11 is 4.91. The molecule has 0 spiro atoms. The van der Waals surface area contributed by atoms with Crippen molar-refractivity contribution in [2.45, 2.75) is 19.4 Å². The summed E-state index contributed by atoms with van der Waals surface area (Å²) in [6.45, 7) is 1.34. The van der Waals surface area contributed by atoms with Crippen molar-refractivity contribution in [2.24, 2.45) is 0 Å². The lowest BCUT2D eigenvalue weighted by Crippen LogP contribution is -2.40. The number of hydrogen-bond acceptors (Lipinski definition) is 3. The molecule has 1 unspecified atom stereocenters. The van der Waals surface area contributed by atoms with Gasteiger partial charge in [0.2, 0.25) is 11.8 Å². The summed E-state index contributed by atoms with van der Waals surface area (Å²) in [6, 6.07) is 5.24. The van der Waals surface area contributed by atoms with Gasteiger partial charge in [-0.15, -0.1) is 0 Å². The summed E-state index contributed by atoms with van der Waals surface area (Å²) in [6.07, 6.45) is 0.239. The molecule has 1 heterocycles. The van der Waals surface area contributed by atoms with Gasteiger partial charge in [-0.25, -0.2) is 4.39 Å². The summed E-state index contributed by atoms with van der Waals surface area (Å²) in [4.78, 5) is 24.4. The second-order valence-electron chi connectivity index (χ2n) is 4.03. The molecule has 0 saturated carbocycles. The van der Waals surface area contributed by atoms with Gasteiger partial charge in [0.25, 0.3) is 0 Å². The van der Waals surface area contributed by atoms with E-state index in [1.807, 2.05) is 0 Å². The quantitative estimate of drug-likeness (QED) is 0.812. The number of rotatable bonds is 2. The van der Waals surface area contributed by atoms with Gasteiger partial charge in [-0.05, 0) is 29.9 Å². The lowest BCUT2D eigenvalue weighted by molar-refractivity contribution is -0.131. The van der Waals surface area contributed by atoms with Crippen LogP contribution >= 0.6 is 12.2 Å². The van der Waals surface area contributed by atoms with Gasteiger partial charge in [0.15, 0.2) is 5.11 Å². The number of benzene rings is 1. The summed E-state index contributed by atoms with van der Waals surface area (Å²) in [5.41, 5.74) is 0.645. The number of carbonyl (C=O) groups is 2. The molecule has 6 heteroatoms. The number of halogens is 1. The highest BCUT2D eigenvalue weighted by Crippen LogP contribution is 2.15. The Morgan fingerprint density at radius 2 is 2.28 bits per heavy atom. The topological polar surface area (TPSA) is 49.4 Å². The van der Waals surface area contributed by atoms with Crippen LogP contribution in [0.5, 0.6) is 0 Å². The van der Waals surface area contributed by atoms with Crippen LogP contribution in [0.1, 0.15) is 12.5 Å². The maximum atomic E-state index is 13.1. The fourth-order valence-corrected chi connectivity index (χ4v) is 2.30. The zero-order valence-electron chi connectivity index (χ0n) is 9.64. The molecular weight excluding hydrogens is 255 g/mol. The van der Waals surface area contributed by atoms with Gasteiger partial charge in [-0.1, -0.05) is 12.1 Å². The van der Waals surface area contributed by atoms with E-state index in [1.165, 1.54) is 24.0 Å². The Balaban J connectivity index is 2.24. The molecule has 1 aromatic rings. The van der Waals surface area contributed by atoms with Crippen LogP contribution in [-0.2, 0) is 16.0 Å². The van der Waals surface area contributed by atoms with E-state index >= 15 is 0 Å². The first kappa shape index (κ1) is 12.6. The molecule has 0 aliphatic carbocycles. The Labute approximate surface area is 109 Å². The molecule has 4 nitrogen and oxygen atoms in total. The predicted molar refractivity (Wildman–Crippen MR) is 67.2 cm³/mol. The van der Waals surface area contributed by atoms with E-state index in [2.05, 4.69) is 5.32 Å². The molecule has 0 bridgehead atoms. The third kappa shape index (κ3) is 2.38. The molecule has 1 aliphatic heterocycles. The zero-order chi connectivity index (χ0) is 13.3. The molecule has 1 saturated heterocycles. The highest BCUT2D eigenvalue weighted by atomic mass is 32.1. The zero-order valence-corrected chi connectivity index (χ0v) is 10.5. The van der Waals surface area contributed by atoms with E-state index in [0.717, 1.165) is 0 Å². The maximum Gasteiger partial charge on any atom is 0.249 e. The first-order valence-corrected chi connectivity index (χ1v) is 5.79. The van der Waals surface area contributed by atoms with Gasteiger partial charge in [-0.2, -0.15) is 0 Å². The molecule has 2 rings (SSSR count). The smallest absolute Gasteiger partial charge is 0.249 e. The number of nitrogens with zero attached hydrogens (tertiary/aromatic N) is 1. The average Bonchev–Trinajstić information content (AvgIpc) is 2.53. The molecule has 1 N–H and O–H groups in total. The molecule has 1 fully saturated rings. The summed E-state index contributed by atoms with van der Waals surface area (Å²) in [5.74, 6) is -1.01. The maximum absolute atomic E-state index is 13.1. The van der Waals surface area contributed by atoms with E-state index in [4.69, 9.17) is 12.2 Å². The van der Waals surface area contributed by atoms with Crippen molar-refractivity contribution in [2.75, 3.05) is 0 Å². The van der Waals surface area contributed by atoms with Crippen LogP contribution < -0.4 is 5.32 Å². The Kier molecular flexibility index (Phi) is 3.38. The van der Waals surface area contributed by atoms with Gasteiger partial charge in [0, 0.05) is 13.3 Å². The molecule has 0 aromatic heterocycles. The molecule has 1 atom stereocenters. The van der Waals surface area contributed by atoms with Crippen molar-refractivity contribution in [1.29, 1.82) is 0 Å². The Morgan fingerprint density at radius 3 is 2.89 bits per heavy atom. The summed E-state index contributed by atoms with van der Waals surface area (Å²) in [7, 11) is 0. The minimum Gasteiger partial charge on any atom is -0.301 e. The lowest BCUT2D eigenvalue weighted by atomic mass is 10.1. The van der Waals surface area contributed by atoms with Crippen LogP contribution in [0.2, 0.25) is 0 Å². The summed E-state index contributed by atoms with van der Waals surface area (Å²) in [5, 5.41) is 2.54. The standard InChI is InChI=1S/C12H11FN2O2S/c1-7(16)15-10(11(17)14-12(15)18)6-8-3-2-4-9(13)5-8/h2-5,10H,6H2,1H3,(H,14,17,18). The largest absolute Gasteiger partial charge is 0.301 e. The van der Waals surface area contributed by atoms with Crippen molar-refractivity contribution in [3.8, 4) is 0 Å². The normalized spacial score (nSPS) is 19.0. The second kappa shape index (κ2) is 4.81. The van der Waals surface area contributed by atoms with Crippen LogP contribution in [-0.4, -0.2) is 27.9 Å². The van der Waals surface area contributed by atoms with Crippen molar-refractivity contribution in [3.05, 3.63) is 35.6 Å². The van der Waals surface area contributed by atoms with Crippen molar-refractivity contribution >= 4 is 29.1 Å². The Hall–Kier alpha value is -1.82. The van der Waals surface area contributed by atoms with Crippen molar-refractivity contribution in [1.82, 2.24) is 10.2 Å². The number of amides is 2. The van der Waals surface area contributed by atoms with Crippen molar-refractivity contribution in [3.63, 3.8) is 0 Å². The first-order valence-electron chi connectivity index (χ1n) is 5.38. The number of carbonyl (C=O) groups excluding carboxylic acids is 2. The van der Waals surface area contributed by atoms with E-state index in [1.54, 1.807) is 12.1 Å². The average molecular weight is 266 g/mol. The highest BCUT2D eigenvalue weighted by Gasteiger charge is 2.38. The Bertz CT molecular complexity index is 533. The number of thiocarbonyl (C=S) groups is 1. The molecular formula is C12H11FN2O2S. The third-order valence-corrected chi connectivity index (χ3v) is 3.02. The molecule has 0 radical (unpaired) electrons. The van der Waals surface area contributed by atoms with Gasteiger partial charge in [0.1, 0.15) is 11.9 Å². The van der Waals surface area contributed by atoms with Gasteiger partial charge < -0.3 is 5.32 Å². The fourth-order valence-electron chi connectivity index (χ4n) is 1.94. The first-order chi connectivity index (χ1) is 8.49. The Morgan fingerprint density at radius 1 is 1.56 bits per heavy atom. The van der Waals surface area contributed by atoms with Gasteiger partial charge in [-0.3, -0.25) is 14.5 Å². The molecule has 18 heavy (non-hydrogen) atoms. The molecule has 94 valence electrons. The number of hydrogen-bond donors (Lipinski definition) is 1. The minimum absolute atomic E-state index is 0.105. The van der Waals surface area contributed by atoms with E-state index in [-0.39, 0.29) is 29.2 Å². The molecule has 2 amide bonds. The molecule has 1 aromatic carbocycles. The van der Waals surface area contributed by atoms with Crippen molar-refractivity contribution < 1.29 is 14.0 Å².